The predicted octanol–water partition coefficient (Wildman–Crippen LogP) is 16.9. The summed E-state index contributed by atoms with van der Waals surface area (Å²) >= 11 is 2.01. The summed E-state index contributed by atoms with van der Waals surface area (Å²) in [5, 5.41) is 9.03. The van der Waals surface area contributed by atoms with Gasteiger partial charge in [0.1, 0.15) is 11.2 Å². The minimum Gasteiger partial charge on any atom is -0.456 e. The molecule has 3 aliphatic rings. The van der Waals surface area contributed by atoms with Crippen LogP contribution in [0.3, 0.4) is 0 Å². The maximum atomic E-state index is 6.68. The van der Waals surface area contributed by atoms with Crippen molar-refractivity contribution < 1.29 is 4.42 Å². The molecule has 1 N–H and O–H groups in total. The molecule has 0 bridgehead atoms. The third kappa shape index (κ3) is 6.52. The average molecular weight is 948 g/mol. The second-order valence-electron chi connectivity index (χ2n) is 23.2. The van der Waals surface area contributed by atoms with Crippen LogP contribution in [0.15, 0.2) is 185 Å². The largest absolute Gasteiger partial charge is 0.456 e. The molecule has 349 valence electrons. The van der Waals surface area contributed by atoms with Crippen molar-refractivity contribution in [2.45, 2.75) is 87.7 Å². The van der Waals surface area contributed by atoms with Gasteiger partial charge in [-0.05, 0) is 114 Å². The molecular formula is C67H56BN2OS. The highest BCUT2D eigenvalue weighted by molar-refractivity contribution is 8.00. The number of aromatic nitrogens is 1. The third-order valence-electron chi connectivity index (χ3n) is 16.3. The van der Waals surface area contributed by atoms with Gasteiger partial charge < -0.3 is 14.3 Å². The van der Waals surface area contributed by atoms with E-state index in [4.69, 9.17) is 4.42 Å². The Morgan fingerprint density at radius 1 is 0.556 bits per heavy atom. The van der Waals surface area contributed by atoms with E-state index in [1.165, 1.54) is 99.0 Å². The van der Waals surface area contributed by atoms with Gasteiger partial charge in [0.2, 0.25) is 0 Å². The fourth-order valence-corrected chi connectivity index (χ4v) is 14.0. The highest BCUT2D eigenvalue weighted by atomic mass is 32.2. The molecule has 11 aromatic rings. The van der Waals surface area contributed by atoms with Crippen LogP contribution in [0.2, 0.25) is 0 Å². The lowest BCUT2D eigenvalue weighted by Gasteiger charge is -2.27. The zero-order chi connectivity index (χ0) is 49.0. The molecule has 5 heteroatoms. The summed E-state index contributed by atoms with van der Waals surface area (Å²) in [4.78, 5) is 1.34. The van der Waals surface area contributed by atoms with Gasteiger partial charge in [-0.3, -0.25) is 0 Å². The Hall–Kier alpha value is -7.21. The van der Waals surface area contributed by atoms with Gasteiger partial charge in [-0.2, -0.15) is 0 Å². The van der Waals surface area contributed by atoms with Gasteiger partial charge in [-0.15, -0.1) is 11.8 Å². The number of rotatable bonds is 5. The molecule has 2 atom stereocenters. The van der Waals surface area contributed by atoms with Crippen molar-refractivity contribution in [3.63, 3.8) is 0 Å². The van der Waals surface area contributed by atoms with E-state index in [9.17, 15) is 0 Å². The molecule has 1 radical (unpaired) electrons. The molecule has 0 fully saturated rings. The average Bonchev–Trinajstić information content (AvgIpc) is 4.09. The minimum absolute atomic E-state index is 0.0183. The molecule has 2 aliphatic heterocycles. The molecular weight excluding hydrogens is 892 g/mol. The van der Waals surface area contributed by atoms with E-state index in [1.807, 2.05) is 11.8 Å². The number of thioether (sulfide) groups is 1. The monoisotopic (exact) mass is 947 g/mol. The van der Waals surface area contributed by atoms with E-state index in [1.54, 1.807) is 0 Å². The highest BCUT2D eigenvalue weighted by Crippen LogP contribution is 2.58. The summed E-state index contributed by atoms with van der Waals surface area (Å²) in [6, 6.07) is 66.5. The topological polar surface area (TPSA) is 30.1 Å². The number of fused-ring (bicyclic) bond motifs is 12. The Labute approximate surface area is 427 Å². The van der Waals surface area contributed by atoms with Crippen molar-refractivity contribution in [3.05, 3.63) is 215 Å². The first kappa shape index (κ1) is 43.6. The fraction of sp³-hybridized carbons (Fsp3) is 0.194. The van der Waals surface area contributed by atoms with Crippen molar-refractivity contribution in [1.29, 1.82) is 0 Å². The SMILES string of the molecule is CC(C)(C)c1ccc(Nc2cc3c(cc2-c2ccc4c5cc6c(cc5n5c4c2[B]c2cc4c(cc2-5)C(c2ccccc2)C(c2ccccc2)S4)oc2ccccc26)-c2cc(C(C)(C)C)ccc2C3(C)C)cc1. The van der Waals surface area contributed by atoms with Gasteiger partial charge in [-0.1, -0.05) is 188 Å². The van der Waals surface area contributed by atoms with E-state index < -0.39 is 0 Å². The van der Waals surface area contributed by atoms with Crippen LogP contribution in [0.4, 0.5) is 11.4 Å². The normalized spacial score (nSPS) is 16.5. The lowest BCUT2D eigenvalue weighted by molar-refractivity contribution is 0.589. The molecule has 2 unspecified atom stereocenters. The second kappa shape index (κ2) is 15.4. The van der Waals surface area contributed by atoms with Gasteiger partial charge in [-0.25, -0.2) is 0 Å². The Balaban J connectivity index is 1.04. The van der Waals surface area contributed by atoms with Gasteiger partial charge >= 0.3 is 0 Å². The number of nitrogens with zero attached hydrogens (tertiary/aromatic N) is 1. The van der Waals surface area contributed by atoms with Crippen LogP contribution in [0, 0.1) is 0 Å². The van der Waals surface area contributed by atoms with Gasteiger partial charge in [0.15, 0.2) is 7.28 Å². The van der Waals surface area contributed by atoms with E-state index in [-0.39, 0.29) is 27.4 Å². The van der Waals surface area contributed by atoms with E-state index >= 15 is 0 Å². The van der Waals surface area contributed by atoms with Crippen LogP contribution < -0.4 is 16.2 Å². The van der Waals surface area contributed by atoms with Crippen LogP contribution >= 0.6 is 11.8 Å². The number of hydrogen-bond donors (Lipinski definition) is 1. The number of furan rings is 1. The maximum absolute atomic E-state index is 6.68. The molecule has 0 amide bonds. The fourth-order valence-electron chi connectivity index (χ4n) is 12.5. The van der Waals surface area contributed by atoms with Crippen molar-refractivity contribution in [1.82, 2.24) is 4.57 Å². The molecule has 0 saturated carbocycles. The predicted molar refractivity (Wildman–Crippen MR) is 307 cm³/mol. The van der Waals surface area contributed by atoms with Crippen LogP contribution in [-0.2, 0) is 16.2 Å². The zero-order valence-corrected chi connectivity index (χ0v) is 43.1. The summed E-state index contributed by atoms with van der Waals surface area (Å²) in [6.45, 7) is 18.6. The lowest BCUT2D eigenvalue weighted by Crippen LogP contribution is -2.37. The molecule has 3 nitrogen and oxygen atoms in total. The quantitative estimate of drug-likeness (QED) is 0.174. The van der Waals surface area contributed by atoms with Crippen molar-refractivity contribution in [2.24, 2.45) is 0 Å². The molecule has 2 aromatic heterocycles. The van der Waals surface area contributed by atoms with Crippen LogP contribution in [-0.4, -0.2) is 11.8 Å². The lowest BCUT2D eigenvalue weighted by atomic mass is 9.58. The van der Waals surface area contributed by atoms with E-state index in [0.717, 1.165) is 38.8 Å². The number of para-hydroxylation sites is 1. The second-order valence-corrected chi connectivity index (χ2v) is 24.4. The van der Waals surface area contributed by atoms with E-state index in [2.05, 4.69) is 248 Å². The molecule has 0 saturated heterocycles. The first-order valence-electron chi connectivity index (χ1n) is 25.6. The molecule has 72 heavy (non-hydrogen) atoms. The van der Waals surface area contributed by atoms with Crippen LogP contribution in [0.25, 0.3) is 71.7 Å². The summed E-state index contributed by atoms with van der Waals surface area (Å²) < 4.78 is 9.26. The molecule has 14 rings (SSSR count). The molecule has 9 aromatic carbocycles. The Bertz CT molecular complexity index is 4050. The summed E-state index contributed by atoms with van der Waals surface area (Å²) in [5.74, 6) is 0.189. The maximum Gasteiger partial charge on any atom is 0.197 e. The third-order valence-corrected chi connectivity index (χ3v) is 17.8. The zero-order valence-electron chi connectivity index (χ0n) is 42.2. The first-order chi connectivity index (χ1) is 34.7. The Morgan fingerprint density at radius 3 is 2.00 bits per heavy atom. The molecule has 1 aliphatic carbocycles. The molecule has 0 spiro atoms. The van der Waals surface area contributed by atoms with Crippen molar-refractivity contribution in [2.75, 3.05) is 5.32 Å². The van der Waals surface area contributed by atoms with E-state index in [0.29, 0.717) is 0 Å². The summed E-state index contributed by atoms with van der Waals surface area (Å²) in [7, 11) is 2.50. The number of hydrogen-bond acceptors (Lipinski definition) is 3. The molecule has 4 heterocycles. The van der Waals surface area contributed by atoms with Crippen molar-refractivity contribution >= 4 is 85.1 Å². The Morgan fingerprint density at radius 2 is 1.25 bits per heavy atom. The smallest absolute Gasteiger partial charge is 0.197 e. The van der Waals surface area contributed by atoms with Gasteiger partial charge in [0, 0.05) is 77.2 Å². The number of benzene rings is 9. The van der Waals surface area contributed by atoms with Crippen molar-refractivity contribution in [3.8, 4) is 27.9 Å². The van der Waals surface area contributed by atoms with Gasteiger partial charge in [0.25, 0.3) is 0 Å². The highest BCUT2D eigenvalue weighted by Gasteiger charge is 2.40. The Kier molecular flexibility index (Phi) is 9.32. The summed E-state index contributed by atoms with van der Waals surface area (Å²) in [5.41, 5.74) is 24.5. The number of nitrogens with one attached hydrogen (secondary N) is 1. The van der Waals surface area contributed by atoms with Crippen LogP contribution in [0.1, 0.15) is 106 Å². The minimum atomic E-state index is -0.184. The first-order valence-corrected chi connectivity index (χ1v) is 26.5. The summed E-state index contributed by atoms with van der Waals surface area (Å²) in [6.07, 6.45) is 0. The standard InChI is InChI=1S/C67H56BN2OS/c1-65(2,3)40-23-26-42(27-24-40)69-55-35-53-47(46-31-41(66(4,5)6)25-30-52(46)67(53,7)8)32-48(55)44-28-29-45-49-33-50-43-21-15-16-22-58(43)71-59(50)37-56(49)70-57-34-51-60(36-54(57)68-62(44)63(45)70)72-64(39-19-13-10-14-20-39)61(51)38-17-11-9-12-18-38/h9-37,61,64,69H,1-8H3. The van der Waals surface area contributed by atoms with Crippen LogP contribution in [0.5, 0.6) is 0 Å². The van der Waals surface area contributed by atoms with Gasteiger partial charge in [0.05, 0.1) is 5.52 Å². The number of anilines is 2.